The first-order valence-corrected chi connectivity index (χ1v) is 4.58. The summed E-state index contributed by atoms with van der Waals surface area (Å²) in [5.74, 6) is 0.771. The van der Waals surface area contributed by atoms with Gasteiger partial charge < -0.3 is 0 Å². The van der Waals surface area contributed by atoms with Crippen LogP contribution >= 0.6 is 0 Å². The summed E-state index contributed by atoms with van der Waals surface area (Å²) in [5, 5.41) is 0. The third-order valence-electron chi connectivity index (χ3n) is 2.72. The highest BCUT2D eigenvalue weighted by molar-refractivity contribution is 5.20. The summed E-state index contributed by atoms with van der Waals surface area (Å²) in [4.78, 5) is 0. The van der Waals surface area contributed by atoms with Gasteiger partial charge in [0, 0.05) is 0 Å². The molecule has 0 saturated heterocycles. The number of rotatable bonds is 2. The number of benzene rings is 1. The Kier molecular flexibility index (Phi) is 1.99. The lowest BCUT2D eigenvalue weighted by molar-refractivity contribution is 0.443. The average molecular weight is 158 g/mol. The highest BCUT2D eigenvalue weighted by Crippen LogP contribution is 2.34. The van der Waals surface area contributed by atoms with E-state index in [1.807, 2.05) is 0 Å². The second-order valence-corrected chi connectivity index (χ2v) is 3.58. The van der Waals surface area contributed by atoms with E-state index in [1.54, 1.807) is 0 Å². The molecule has 2 rings (SSSR count). The van der Waals surface area contributed by atoms with Gasteiger partial charge in [0.2, 0.25) is 0 Å². The molecule has 0 N–H and O–H groups in total. The second kappa shape index (κ2) is 3.14. The van der Waals surface area contributed by atoms with Crippen LogP contribution in [0.1, 0.15) is 18.4 Å². The van der Waals surface area contributed by atoms with Crippen molar-refractivity contribution in [2.75, 3.05) is 0 Å². The number of allylic oxidation sites excluding steroid dienone is 1. The lowest BCUT2D eigenvalue weighted by Gasteiger charge is -2.28. The van der Waals surface area contributed by atoms with Crippen molar-refractivity contribution in [1.29, 1.82) is 0 Å². The maximum absolute atomic E-state index is 4.04. The van der Waals surface area contributed by atoms with Gasteiger partial charge in [0.15, 0.2) is 0 Å². The van der Waals surface area contributed by atoms with Gasteiger partial charge in [0.1, 0.15) is 0 Å². The van der Waals surface area contributed by atoms with Crippen molar-refractivity contribution in [2.45, 2.75) is 19.3 Å². The molecule has 1 saturated carbocycles. The smallest absolute Gasteiger partial charge is 0.0162 e. The van der Waals surface area contributed by atoms with E-state index in [4.69, 9.17) is 0 Å². The molecule has 1 aromatic rings. The summed E-state index contributed by atoms with van der Waals surface area (Å²) in [5.41, 5.74) is 2.89. The van der Waals surface area contributed by atoms with Crippen molar-refractivity contribution in [3.05, 3.63) is 48.0 Å². The van der Waals surface area contributed by atoms with Crippen molar-refractivity contribution in [3.63, 3.8) is 0 Å². The molecule has 0 amide bonds. The zero-order valence-electron chi connectivity index (χ0n) is 7.29. The molecule has 0 aliphatic heterocycles. The van der Waals surface area contributed by atoms with Crippen LogP contribution in [-0.4, -0.2) is 0 Å². The van der Waals surface area contributed by atoms with Crippen LogP contribution in [0.3, 0.4) is 0 Å². The average Bonchev–Trinajstić information content (AvgIpc) is 2.14. The molecule has 0 heteroatoms. The first-order valence-electron chi connectivity index (χ1n) is 4.58. The Morgan fingerprint density at radius 3 is 2.50 bits per heavy atom. The van der Waals surface area contributed by atoms with Crippen LogP contribution in [0.25, 0.3) is 0 Å². The fourth-order valence-corrected chi connectivity index (χ4v) is 1.70. The van der Waals surface area contributed by atoms with Crippen molar-refractivity contribution in [3.8, 4) is 0 Å². The van der Waals surface area contributed by atoms with Crippen LogP contribution in [0, 0.1) is 5.92 Å². The van der Waals surface area contributed by atoms with E-state index >= 15 is 0 Å². The minimum absolute atomic E-state index is 0.771. The standard InChI is InChI=1S/C12H14/c1-10-7-8-12(10)9-11-5-3-2-4-6-11/h2-6,12H,1,7-9H2/t12-/m0/s1. The predicted octanol–water partition coefficient (Wildman–Crippen LogP) is 3.20. The highest BCUT2D eigenvalue weighted by Gasteiger charge is 2.21. The summed E-state index contributed by atoms with van der Waals surface area (Å²) in [7, 11) is 0. The van der Waals surface area contributed by atoms with Crippen molar-refractivity contribution in [2.24, 2.45) is 5.92 Å². The van der Waals surface area contributed by atoms with Crippen molar-refractivity contribution in [1.82, 2.24) is 0 Å². The van der Waals surface area contributed by atoms with Gasteiger partial charge in [-0.05, 0) is 30.7 Å². The van der Waals surface area contributed by atoms with Gasteiger partial charge >= 0.3 is 0 Å². The molecule has 0 aromatic heterocycles. The molecule has 1 fully saturated rings. The molecule has 0 heterocycles. The van der Waals surface area contributed by atoms with E-state index in [0.29, 0.717) is 0 Å². The lowest BCUT2D eigenvalue weighted by Crippen LogP contribution is -2.16. The summed E-state index contributed by atoms with van der Waals surface area (Å²) in [6, 6.07) is 10.7. The zero-order valence-corrected chi connectivity index (χ0v) is 7.29. The van der Waals surface area contributed by atoms with Crippen LogP contribution in [0.5, 0.6) is 0 Å². The molecule has 1 atom stereocenters. The summed E-state index contributed by atoms with van der Waals surface area (Å²) in [6.45, 7) is 4.04. The molecule has 62 valence electrons. The minimum Gasteiger partial charge on any atom is -0.0996 e. The van der Waals surface area contributed by atoms with E-state index in [9.17, 15) is 0 Å². The van der Waals surface area contributed by atoms with Crippen LogP contribution in [0.15, 0.2) is 42.5 Å². The predicted molar refractivity (Wildman–Crippen MR) is 52.0 cm³/mol. The van der Waals surface area contributed by atoms with Gasteiger partial charge in [-0.1, -0.05) is 42.5 Å². The fraction of sp³-hybridized carbons (Fsp3) is 0.333. The van der Waals surface area contributed by atoms with Gasteiger partial charge in [0.25, 0.3) is 0 Å². The van der Waals surface area contributed by atoms with Gasteiger partial charge in [0.05, 0.1) is 0 Å². The van der Waals surface area contributed by atoms with Gasteiger partial charge in [-0.25, -0.2) is 0 Å². The first kappa shape index (κ1) is 7.60. The monoisotopic (exact) mass is 158 g/mol. The second-order valence-electron chi connectivity index (χ2n) is 3.58. The summed E-state index contributed by atoms with van der Waals surface area (Å²) < 4.78 is 0. The normalized spacial score (nSPS) is 22.0. The fourth-order valence-electron chi connectivity index (χ4n) is 1.70. The third kappa shape index (κ3) is 1.42. The molecule has 1 aromatic carbocycles. The highest BCUT2D eigenvalue weighted by atomic mass is 14.3. The molecule has 12 heavy (non-hydrogen) atoms. The molecule has 0 spiro atoms. The first-order chi connectivity index (χ1) is 5.86. The van der Waals surface area contributed by atoms with Crippen LogP contribution < -0.4 is 0 Å². The molecule has 1 aliphatic carbocycles. The third-order valence-corrected chi connectivity index (χ3v) is 2.72. The Morgan fingerprint density at radius 2 is 2.00 bits per heavy atom. The van der Waals surface area contributed by atoms with Gasteiger partial charge in [-0.15, -0.1) is 0 Å². The maximum atomic E-state index is 4.04. The Bertz CT molecular complexity index is 271. The van der Waals surface area contributed by atoms with E-state index in [-0.39, 0.29) is 0 Å². The quantitative estimate of drug-likeness (QED) is 0.580. The van der Waals surface area contributed by atoms with Crippen LogP contribution in [0.2, 0.25) is 0 Å². The minimum atomic E-state index is 0.771. The molecule has 0 bridgehead atoms. The maximum Gasteiger partial charge on any atom is -0.0162 e. The molecular formula is C12H14. The number of hydrogen-bond acceptors (Lipinski definition) is 0. The van der Waals surface area contributed by atoms with E-state index < -0.39 is 0 Å². The van der Waals surface area contributed by atoms with Crippen LogP contribution in [0.4, 0.5) is 0 Å². The Labute approximate surface area is 73.9 Å². The molecule has 0 unspecified atom stereocenters. The SMILES string of the molecule is C=C1CC[C@H]1Cc1ccccc1. The van der Waals surface area contributed by atoms with Crippen molar-refractivity contribution < 1.29 is 0 Å². The summed E-state index contributed by atoms with van der Waals surface area (Å²) >= 11 is 0. The van der Waals surface area contributed by atoms with E-state index in [1.165, 1.54) is 30.4 Å². The zero-order chi connectivity index (χ0) is 8.39. The van der Waals surface area contributed by atoms with Gasteiger partial charge in [-0.3, -0.25) is 0 Å². The Balaban J connectivity index is 2.00. The largest absolute Gasteiger partial charge is 0.0996 e. The van der Waals surface area contributed by atoms with E-state index in [2.05, 4.69) is 36.9 Å². The lowest BCUT2D eigenvalue weighted by atomic mass is 9.77. The molecule has 1 aliphatic rings. The molecular weight excluding hydrogens is 144 g/mol. The number of hydrogen-bond donors (Lipinski definition) is 0. The topological polar surface area (TPSA) is 0 Å². The molecule has 0 nitrogen and oxygen atoms in total. The van der Waals surface area contributed by atoms with Crippen molar-refractivity contribution >= 4 is 0 Å². The Hall–Kier alpha value is -1.04. The van der Waals surface area contributed by atoms with Crippen LogP contribution in [-0.2, 0) is 6.42 Å². The Morgan fingerprint density at radius 1 is 1.25 bits per heavy atom. The van der Waals surface area contributed by atoms with E-state index in [0.717, 1.165) is 5.92 Å². The molecule has 0 radical (unpaired) electrons. The van der Waals surface area contributed by atoms with Gasteiger partial charge in [-0.2, -0.15) is 0 Å². The summed E-state index contributed by atoms with van der Waals surface area (Å²) in [6.07, 6.45) is 3.78.